The molecule has 112 valence electrons. The Hall–Kier alpha value is -1.94. The summed E-state index contributed by atoms with van der Waals surface area (Å²) in [4.78, 5) is 25.0. The average Bonchev–Trinajstić information content (AvgIpc) is 2.88. The molecule has 1 aliphatic rings. The fourth-order valence-electron chi connectivity index (χ4n) is 3.00. The Balaban J connectivity index is 2.55. The van der Waals surface area contributed by atoms with Crippen LogP contribution in [-0.2, 0) is 19.1 Å². The fourth-order valence-corrected chi connectivity index (χ4v) is 3.00. The number of hydrogen-bond donors (Lipinski definition) is 0. The zero-order valence-corrected chi connectivity index (χ0v) is 12.4. The van der Waals surface area contributed by atoms with Crippen LogP contribution in [0.3, 0.4) is 0 Å². The van der Waals surface area contributed by atoms with Crippen molar-refractivity contribution in [2.75, 3.05) is 13.2 Å². The molecule has 1 aromatic rings. The van der Waals surface area contributed by atoms with Gasteiger partial charge in [-0.2, -0.15) is 0 Å². The first-order valence-corrected chi connectivity index (χ1v) is 7.06. The molecule has 0 aromatic heterocycles. The molecule has 4 nitrogen and oxygen atoms in total. The number of carbonyl (C=O) groups excluding carboxylic acids is 2. The minimum Gasteiger partial charge on any atom is -0.465 e. The van der Waals surface area contributed by atoms with E-state index >= 15 is 0 Å². The van der Waals surface area contributed by atoms with Crippen LogP contribution in [0.1, 0.15) is 25.5 Å². The van der Waals surface area contributed by atoms with Crippen LogP contribution in [-0.4, -0.2) is 25.0 Å². The minimum absolute atomic E-state index is 0.221. The third-order valence-corrected chi connectivity index (χ3v) is 4.02. The van der Waals surface area contributed by atoms with Gasteiger partial charge >= 0.3 is 5.97 Å². The van der Waals surface area contributed by atoms with Crippen LogP contribution in [0, 0.1) is 11.3 Å². The van der Waals surface area contributed by atoms with Crippen LogP contribution < -0.4 is 0 Å². The van der Waals surface area contributed by atoms with E-state index in [-0.39, 0.29) is 24.9 Å². The molecule has 1 heterocycles. The first kappa shape index (κ1) is 15.4. The van der Waals surface area contributed by atoms with E-state index in [1.807, 2.05) is 30.3 Å². The minimum atomic E-state index is -1.35. The van der Waals surface area contributed by atoms with Crippen molar-refractivity contribution < 1.29 is 19.1 Å². The molecule has 0 radical (unpaired) electrons. The topological polar surface area (TPSA) is 52.6 Å². The van der Waals surface area contributed by atoms with Gasteiger partial charge in [0.15, 0.2) is 11.2 Å². The summed E-state index contributed by atoms with van der Waals surface area (Å²) in [7, 11) is 0. The van der Waals surface area contributed by atoms with Gasteiger partial charge in [-0.1, -0.05) is 36.4 Å². The standard InChI is InChI=1S/C17H20O4/c1-4-14-11-21-15(13-9-7-6-8-10-13)17(14,12(3)18)16(19)20-5-2/h4,6-10,14-15H,1,5,11H2,2-3H3. The largest absolute Gasteiger partial charge is 0.465 e. The van der Waals surface area contributed by atoms with Gasteiger partial charge in [-0.3, -0.25) is 9.59 Å². The molecular weight excluding hydrogens is 268 g/mol. The van der Waals surface area contributed by atoms with Gasteiger partial charge in [0.05, 0.1) is 13.2 Å². The Morgan fingerprint density at radius 1 is 1.43 bits per heavy atom. The molecule has 4 heteroatoms. The van der Waals surface area contributed by atoms with E-state index in [1.165, 1.54) is 6.92 Å². The van der Waals surface area contributed by atoms with Crippen LogP contribution >= 0.6 is 0 Å². The van der Waals surface area contributed by atoms with Gasteiger partial charge in [0, 0.05) is 5.92 Å². The number of rotatable bonds is 5. The summed E-state index contributed by atoms with van der Waals surface area (Å²) < 4.78 is 11.0. The van der Waals surface area contributed by atoms with Gasteiger partial charge in [0.25, 0.3) is 0 Å². The number of benzene rings is 1. The van der Waals surface area contributed by atoms with E-state index in [9.17, 15) is 9.59 Å². The molecular formula is C17H20O4. The molecule has 2 rings (SSSR count). The van der Waals surface area contributed by atoms with Gasteiger partial charge in [-0.15, -0.1) is 6.58 Å². The maximum absolute atomic E-state index is 12.6. The van der Waals surface area contributed by atoms with Crippen molar-refractivity contribution in [1.82, 2.24) is 0 Å². The van der Waals surface area contributed by atoms with Crippen molar-refractivity contribution in [3.05, 3.63) is 48.6 Å². The van der Waals surface area contributed by atoms with E-state index in [1.54, 1.807) is 13.0 Å². The second-order valence-corrected chi connectivity index (χ2v) is 5.11. The third kappa shape index (κ3) is 2.40. The summed E-state index contributed by atoms with van der Waals surface area (Å²) in [5, 5.41) is 0. The van der Waals surface area contributed by atoms with Crippen LogP contribution in [0.25, 0.3) is 0 Å². The number of ether oxygens (including phenoxy) is 2. The predicted molar refractivity (Wildman–Crippen MR) is 78.6 cm³/mol. The van der Waals surface area contributed by atoms with Crippen molar-refractivity contribution in [1.29, 1.82) is 0 Å². The molecule has 3 atom stereocenters. The lowest BCUT2D eigenvalue weighted by Gasteiger charge is -2.32. The molecule has 0 amide bonds. The second-order valence-electron chi connectivity index (χ2n) is 5.11. The molecule has 0 aliphatic carbocycles. The molecule has 0 saturated carbocycles. The Morgan fingerprint density at radius 2 is 2.10 bits per heavy atom. The average molecular weight is 288 g/mol. The van der Waals surface area contributed by atoms with E-state index < -0.39 is 17.5 Å². The molecule has 0 spiro atoms. The van der Waals surface area contributed by atoms with E-state index in [4.69, 9.17) is 9.47 Å². The van der Waals surface area contributed by atoms with Crippen molar-refractivity contribution in [3.8, 4) is 0 Å². The fraction of sp³-hybridized carbons (Fsp3) is 0.412. The number of ketones is 1. The number of carbonyl (C=O) groups is 2. The zero-order valence-electron chi connectivity index (χ0n) is 12.4. The SMILES string of the molecule is C=CC1COC(c2ccccc2)C1(C(C)=O)C(=O)OCC. The van der Waals surface area contributed by atoms with Crippen molar-refractivity contribution in [2.24, 2.45) is 11.3 Å². The molecule has 0 N–H and O–H groups in total. The van der Waals surface area contributed by atoms with Crippen LogP contribution in [0.15, 0.2) is 43.0 Å². The molecule has 3 unspecified atom stereocenters. The van der Waals surface area contributed by atoms with Crippen molar-refractivity contribution >= 4 is 11.8 Å². The Morgan fingerprint density at radius 3 is 2.62 bits per heavy atom. The summed E-state index contributed by atoms with van der Waals surface area (Å²) in [5.74, 6) is -1.18. The molecule has 21 heavy (non-hydrogen) atoms. The zero-order chi connectivity index (χ0) is 15.5. The summed E-state index contributed by atoms with van der Waals surface area (Å²) in [6, 6.07) is 9.30. The highest BCUT2D eigenvalue weighted by Gasteiger charge is 2.61. The highest BCUT2D eigenvalue weighted by atomic mass is 16.5. The quantitative estimate of drug-likeness (QED) is 0.475. The number of hydrogen-bond acceptors (Lipinski definition) is 4. The summed E-state index contributed by atoms with van der Waals surface area (Å²) >= 11 is 0. The molecule has 0 bridgehead atoms. The van der Waals surface area contributed by atoms with Crippen molar-refractivity contribution in [2.45, 2.75) is 20.0 Å². The second kappa shape index (κ2) is 6.22. The maximum atomic E-state index is 12.6. The lowest BCUT2D eigenvalue weighted by atomic mass is 9.68. The maximum Gasteiger partial charge on any atom is 0.323 e. The molecule has 1 aromatic carbocycles. The van der Waals surface area contributed by atoms with E-state index in [0.717, 1.165) is 5.56 Å². The lowest BCUT2D eigenvalue weighted by molar-refractivity contribution is -0.165. The monoisotopic (exact) mass is 288 g/mol. The first-order valence-electron chi connectivity index (χ1n) is 7.06. The van der Waals surface area contributed by atoms with Gasteiger partial charge in [-0.25, -0.2) is 0 Å². The Bertz CT molecular complexity index is 537. The number of esters is 1. The number of Topliss-reactive ketones (excluding diaryl/α,β-unsaturated/α-hetero) is 1. The first-order chi connectivity index (χ1) is 10.1. The predicted octanol–water partition coefficient (Wildman–Crippen LogP) is 2.70. The Kier molecular flexibility index (Phi) is 4.58. The van der Waals surface area contributed by atoms with Gasteiger partial charge < -0.3 is 9.47 Å². The van der Waals surface area contributed by atoms with Crippen LogP contribution in [0.2, 0.25) is 0 Å². The summed E-state index contributed by atoms with van der Waals surface area (Å²) in [6.45, 7) is 7.39. The van der Waals surface area contributed by atoms with Crippen LogP contribution in [0.4, 0.5) is 0 Å². The normalized spacial score (nSPS) is 28.1. The third-order valence-electron chi connectivity index (χ3n) is 4.02. The summed E-state index contributed by atoms with van der Waals surface area (Å²) in [5.41, 5.74) is -0.552. The highest BCUT2D eigenvalue weighted by molar-refractivity contribution is 6.04. The molecule has 1 saturated heterocycles. The molecule has 1 aliphatic heterocycles. The van der Waals surface area contributed by atoms with Crippen molar-refractivity contribution in [3.63, 3.8) is 0 Å². The van der Waals surface area contributed by atoms with Gasteiger partial charge in [0.2, 0.25) is 0 Å². The van der Waals surface area contributed by atoms with E-state index in [0.29, 0.717) is 0 Å². The van der Waals surface area contributed by atoms with Gasteiger partial charge in [0.1, 0.15) is 6.10 Å². The Labute approximate surface area is 124 Å². The van der Waals surface area contributed by atoms with Crippen LogP contribution in [0.5, 0.6) is 0 Å². The van der Waals surface area contributed by atoms with E-state index in [2.05, 4.69) is 6.58 Å². The smallest absolute Gasteiger partial charge is 0.323 e. The molecule has 1 fully saturated rings. The summed E-state index contributed by atoms with van der Waals surface area (Å²) in [6.07, 6.45) is 0.972. The lowest BCUT2D eigenvalue weighted by Crippen LogP contribution is -2.46. The highest BCUT2D eigenvalue weighted by Crippen LogP contribution is 2.51. The van der Waals surface area contributed by atoms with Gasteiger partial charge in [-0.05, 0) is 19.4 Å².